The predicted octanol–water partition coefficient (Wildman–Crippen LogP) is 6.00. The number of hydrogen-bond donors (Lipinski definition) is 0. The molecule has 1 aliphatic rings. The molecule has 0 aliphatic carbocycles. The van der Waals surface area contributed by atoms with Crippen LogP contribution in [0.15, 0.2) is 88.7 Å². The zero-order chi connectivity index (χ0) is 21.7. The third-order valence-corrected chi connectivity index (χ3v) is 8.47. The first-order chi connectivity index (χ1) is 15.1. The van der Waals surface area contributed by atoms with E-state index in [9.17, 15) is 4.79 Å². The highest BCUT2D eigenvalue weighted by molar-refractivity contribution is 8.17. The van der Waals surface area contributed by atoms with E-state index in [1.807, 2.05) is 48.5 Å². The van der Waals surface area contributed by atoms with Crippen molar-refractivity contribution in [3.63, 3.8) is 0 Å². The van der Waals surface area contributed by atoms with Gasteiger partial charge in [-0.05, 0) is 42.0 Å². The van der Waals surface area contributed by atoms with Crippen LogP contribution in [-0.4, -0.2) is 26.8 Å². The van der Waals surface area contributed by atoms with Crippen molar-refractivity contribution in [1.82, 2.24) is 0 Å². The van der Waals surface area contributed by atoms with E-state index >= 15 is 0 Å². The Labute approximate surface area is 191 Å². The largest absolute Gasteiger partial charge is 0.493 e. The zero-order valence-electron chi connectivity index (χ0n) is 17.4. The molecule has 0 amide bonds. The van der Waals surface area contributed by atoms with Gasteiger partial charge >= 0.3 is 5.97 Å². The molecule has 0 radical (unpaired) electrons. The summed E-state index contributed by atoms with van der Waals surface area (Å²) in [5.74, 6) is 1.16. The fourth-order valence-electron chi connectivity index (χ4n) is 3.68. The number of thioether (sulfide) groups is 2. The van der Waals surface area contributed by atoms with Crippen molar-refractivity contribution in [2.75, 3.05) is 20.8 Å². The summed E-state index contributed by atoms with van der Waals surface area (Å²) < 4.78 is 16.0. The minimum Gasteiger partial charge on any atom is -0.493 e. The molecule has 1 unspecified atom stereocenters. The van der Waals surface area contributed by atoms with Crippen LogP contribution < -0.4 is 9.47 Å². The Balaban J connectivity index is 1.88. The van der Waals surface area contributed by atoms with Crippen LogP contribution in [0.25, 0.3) is 0 Å². The molecular formula is C25H24O4S2. The maximum atomic E-state index is 12.2. The molecule has 6 heteroatoms. The lowest BCUT2D eigenvalue weighted by Gasteiger charge is -2.37. The molecule has 1 heterocycles. The minimum absolute atomic E-state index is 0.0199. The van der Waals surface area contributed by atoms with Crippen molar-refractivity contribution < 1.29 is 19.0 Å². The number of rotatable bonds is 8. The molecule has 1 aliphatic heterocycles. The zero-order valence-corrected chi connectivity index (χ0v) is 19.1. The van der Waals surface area contributed by atoms with Gasteiger partial charge < -0.3 is 14.2 Å². The molecule has 0 aromatic heterocycles. The predicted molar refractivity (Wildman–Crippen MR) is 125 cm³/mol. The van der Waals surface area contributed by atoms with Crippen molar-refractivity contribution in [2.24, 2.45) is 5.92 Å². The van der Waals surface area contributed by atoms with Crippen molar-refractivity contribution >= 4 is 29.5 Å². The molecule has 4 nitrogen and oxygen atoms in total. The van der Waals surface area contributed by atoms with Crippen LogP contribution in [0.3, 0.4) is 0 Å². The summed E-state index contributed by atoms with van der Waals surface area (Å²) in [6.45, 7) is 0.382. The highest BCUT2D eigenvalue weighted by atomic mass is 32.2. The fourth-order valence-corrected chi connectivity index (χ4v) is 6.83. The maximum absolute atomic E-state index is 12.2. The third-order valence-electron chi connectivity index (χ3n) is 5.21. The first kappa shape index (κ1) is 21.7. The van der Waals surface area contributed by atoms with Crippen molar-refractivity contribution in [1.29, 1.82) is 0 Å². The number of carbonyl (C=O) groups is 1. The quantitative estimate of drug-likeness (QED) is 0.237. The Morgan fingerprint density at radius 1 is 0.839 bits per heavy atom. The van der Waals surface area contributed by atoms with Gasteiger partial charge in [0.05, 0.1) is 27.2 Å². The molecule has 1 saturated heterocycles. The van der Waals surface area contributed by atoms with Gasteiger partial charge in [0.1, 0.15) is 4.08 Å². The van der Waals surface area contributed by atoms with Gasteiger partial charge in [-0.25, -0.2) is 0 Å². The number of benzene rings is 3. The normalized spacial score (nSPS) is 16.1. The summed E-state index contributed by atoms with van der Waals surface area (Å²) in [4.78, 5) is 14.4. The SMILES string of the molecule is COc1ccc(C(Sc2ccccc2)(Sc2ccccc2)C2COC(=O)C2)cc1OC. The van der Waals surface area contributed by atoms with Crippen molar-refractivity contribution in [3.05, 3.63) is 84.4 Å². The van der Waals surface area contributed by atoms with E-state index in [0.29, 0.717) is 24.5 Å². The van der Waals surface area contributed by atoms with E-state index in [-0.39, 0.29) is 11.9 Å². The standard InChI is InChI=1S/C25H24O4S2/c1-27-22-14-13-18(15-23(22)28-2)25(19-16-24(26)29-17-19,30-20-9-5-3-6-10-20)31-21-11-7-4-8-12-21/h3-15,19H,16-17H2,1-2H3. The molecule has 4 rings (SSSR count). The molecular weight excluding hydrogens is 428 g/mol. The average Bonchev–Trinajstić information content (AvgIpc) is 3.26. The highest BCUT2D eigenvalue weighted by Gasteiger charge is 2.47. The van der Waals surface area contributed by atoms with Crippen molar-refractivity contribution in [3.8, 4) is 11.5 Å². The van der Waals surface area contributed by atoms with E-state index in [0.717, 1.165) is 15.4 Å². The first-order valence-corrected chi connectivity index (χ1v) is 11.6. The van der Waals surface area contributed by atoms with Gasteiger partial charge in [0.25, 0.3) is 0 Å². The van der Waals surface area contributed by atoms with Crippen molar-refractivity contribution in [2.45, 2.75) is 20.3 Å². The summed E-state index contributed by atoms with van der Waals surface area (Å²) in [6.07, 6.45) is 0.369. The van der Waals surface area contributed by atoms with E-state index in [1.54, 1.807) is 37.7 Å². The molecule has 3 aromatic rings. The van der Waals surface area contributed by atoms with E-state index in [4.69, 9.17) is 14.2 Å². The van der Waals surface area contributed by atoms with Crippen LogP contribution in [0.4, 0.5) is 0 Å². The van der Waals surface area contributed by atoms with E-state index in [1.165, 1.54) is 0 Å². The number of carbonyl (C=O) groups excluding carboxylic acids is 1. The topological polar surface area (TPSA) is 44.8 Å². The monoisotopic (exact) mass is 452 g/mol. The van der Waals surface area contributed by atoms with Crippen LogP contribution in [0.1, 0.15) is 12.0 Å². The summed E-state index contributed by atoms with van der Waals surface area (Å²) in [7, 11) is 3.27. The van der Waals surface area contributed by atoms with E-state index < -0.39 is 4.08 Å². The number of ether oxygens (including phenoxy) is 3. The Bertz CT molecular complexity index is 983. The number of esters is 1. The lowest BCUT2D eigenvalue weighted by Crippen LogP contribution is -2.29. The fraction of sp³-hybridized carbons (Fsp3) is 0.240. The Morgan fingerprint density at radius 3 is 1.90 bits per heavy atom. The second kappa shape index (κ2) is 9.71. The highest BCUT2D eigenvalue weighted by Crippen LogP contribution is 2.60. The van der Waals surface area contributed by atoms with Crippen LogP contribution >= 0.6 is 23.5 Å². The second-order valence-electron chi connectivity index (χ2n) is 7.15. The minimum atomic E-state index is -0.506. The first-order valence-electron chi connectivity index (χ1n) is 10.0. The van der Waals surface area contributed by atoms with Gasteiger partial charge in [0.15, 0.2) is 11.5 Å². The summed E-state index contributed by atoms with van der Waals surface area (Å²) >= 11 is 3.50. The summed E-state index contributed by atoms with van der Waals surface area (Å²) in [6, 6.07) is 26.6. The lowest BCUT2D eigenvalue weighted by molar-refractivity contribution is -0.137. The molecule has 0 N–H and O–H groups in total. The van der Waals surface area contributed by atoms with Gasteiger partial charge in [-0.15, -0.1) is 23.5 Å². The van der Waals surface area contributed by atoms with Crippen LogP contribution in [0, 0.1) is 5.92 Å². The van der Waals surface area contributed by atoms with Gasteiger partial charge in [-0.3, -0.25) is 4.79 Å². The third kappa shape index (κ3) is 4.70. The van der Waals surface area contributed by atoms with Gasteiger partial charge in [0, 0.05) is 15.7 Å². The van der Waals surface area contributed by atoms with Gasteiger partial charge in [-0.2, -0.15) is 0 Å². The Kier molecular flexibility index (Phi) is 6.78. The molecule has 0 saturated carbocycles. The lowest BCUT2D eigenvalue weighted by atomic mass is 9.96. The average molecular weight is 453 g/mol. The molecule has 160 valence electrons. The van der Waals surface area contributed by atoms with Crippen LogP contribution in [0.5, 0.6) is 11.5 Å². The molecule has 31 heavy (non-hydrogen) atoms. The number of hydrogen-bond acceptors (Lipinski definition) is 6. The molecule has 1 atom stereocenters. The molecule has 0 bridgehead atoms. The van der Waals surface area contributed by atoms with Crippen LogP contribution in [0.2, 0.25) is 0 Å². The number of cyclic esters (lactones) is 1. The molecule has 0 spiro atoms. The Morgan fingerprint density at radius 2 is 1.42 bits per heavy atom. The van der Waals surface area contributed by atoms with Crippen LogP contribution in [-0.2, 0) is 13.6 Å². The van der Waals surface area contributed by atoms with Gasteiger partial charge in [-0.1, -0.05) is 42.5 Å². The molecule has 1 fully saturated rings. The number of methoxy groups -OCH3 is 2. The smallest absolute Gasteiger partial charge is 0.306 e. The second-order valence-corrected chi connectivity index (χ2v) is 10.0. The maximum Gasteiger partial charge on any atom is 0.306 e. The molecule has 3 aromatic carbocycles. The van der Waals surface area contributed by atoms with E-state index in [2.05, 4.69) is 30.3 Å². The summed E-state index contributed by atoms with van der Waals surface area (Å²) in [5, 5.41) is 0. The van der Waals surface area contributed by atoms with Gasteiger partial charge in [0.2, 0.25) is 0 Å². The Hall–Kier alpha value is -2.57. The summed E-state index contributed by atoms with van der Waals surface area (Å²) in [5.41, 5.74) is 1.05.